The summed E-state index contributed by atoms with van der Waals surface area (Å²) in [5, 5.41) is 12.2. The SMILES string of the molecule is CC(C)(C)OC(=O)N1CCC[C@H]1[C@H](C#C[Si](C)(C)C)N(O)Cc1ccccc1. The van der Waals surface area contributed by atoms with E-state index in [4.69, 9.17) is 4.74 Å². The summed E-state index contributed by atoms with van der Waals surface area (Å²) in [7, 11) is -1.63. The number of nitrogens with zero attached hydrogens (tertiary/aromatic N) is 2. The Morgan fingerprint density at radius 3 is 2.54 bits per heavy atom. The molecule has 0 unspecified atom stereocenters. The molecule has 2 rings (SSSR count). The maximum atomic E-state index is 12.7. The summed E-state index contributed by atoms with van der Waals surface area (Å²) in [4.78, 5) is 14.5. The van der Waals surface area contributed by atoms with Crippen LogP contribution in [-0.2, 0) is 11.3 Å². The molecule has 0 bridgehead atoms. The summed E-state index contributed by atoms with van der Waals surface area (Å²) in [6.07, 6.45) is 1.35. The van der Waals surface area contributed by atoms with Crippen molar-refractivity contribution in [1.29, 1.82) is 0 Å². The molecule has 0 aromatic heterocycles. The van der Waals surface area contributed by atoms with E-state index in [0.717, 1.165) is 18.4 Å². The van der Waals surface area contributed by atoms with Gasteiger partial charge in [0.25, 0.3) is 0 Å². The van der Waals surface area contributed by atoms with Crippen molar-refractivity contribution in [2.24, 2.45) is 0 Å². The Labute approximate surface area is 170 Å². The van der Waals surface area contributed by atoms with Crippen LogP contribution in [-0.4, -0.2) is 53.6 Å². The smallest absolute Gasteiger partial charge is 0.410 e. The molecule has 2 atom stereocenters. The molecule has 0 aliphatic carbocycles. The average Bonchev–Trinajstić information content (AvgIpc) is 3.03. The Balaban J connectivity index is 2.26. The summed E-state index contributed by atoms with van der Waals surface area (Å²) in [6.45, 7) is 13.1. The van der Waals surface area contributed by atoms with E-state index < -0.39 is 19.7 Å². The van der Waals surface area contributed by atoms with E-state index >= 15 is 0 Å². The molecule has 6 heteroatoms. The standard InChI is InChI=1S/C22H34N2O3Si/c1-22(2,3)27-21(25)23-15-10-13-19(23)20(14-16-28(4,5)6)24(26)17-18-11-8-7-9-12-18/h7-9,11-12,19-20,26H,10,13,15,17H2,1-6H3/t19-,20-/m0/s1. The number of likely N-dealkylation sites (tertiary alicyclic amines) is 1. The number of rotatable bonds is 4. The highest BCUT2D eigenvalue weighted by Gasteiger charge is 2.39. The van der Waals surface area contributed by atoms with Gasteiger partial charge >= 0.3 is 6.09 Å². The van der Waals surface area contributed by atoms with Gasteiger partial charge in [-0.2, -0.15) is 5.06 Å². The van der Waals surface area contributed by atoms with E-state index in [9.17, 15) is 10.0 Å². The van der Waals surface area contributed by atoms with E-state index in [1.807, 2.05) is 51.1 Å². The van der Waals surface area contributed by atoms with Gasteiger partial charge in [-0.1, -0.05) is 55.9 Å². The van der Waals surface area contributed by atoms with E-state index in [0.29, 0.717) is 13.1 Å². The summed E-state index contributed by atoms with van der Waals surface area (Å²) in [5.74, 6) is 3.31. The molecule has 1 fully saturated rings. The molecule has 28 heavy (non-hydrogen) atoms. The predicted molar refractivity (Wildman–Crippen MR) is 115 cm³/mol. The number of carbonyl (C=O) groups excluding carboxylic acids is 1. The zero-order chi connectivity index (χ0) is 20.9. The highest BCUT2D eigenvalue weighted by molar-refractivity contribution is 6.83. The van der Waals surface area contributed by atoms with Crippen molar-refractivity contribution in [2.75, 3.05) is 6.54 Å². The Morgan fingerprint density at radius 2 is 1.96 bits per heavy atom. The largest absolute Gasteiger partial charge is 0.444 e. The second-order valence-electron chi connectivity index (χ2n) is 9.43. The highest BCUT2D eigenvalue weighted by Crippen LogP contribution is 2.26. The number of hydrogen-bond acceptors (Lipinski definition) is 4. The highest BCUT2D eigenvalue weighted by atomic mass is 28.3. The second kappa shape index (κ2) is 9.12. The minimum Gasteiger partial charge on any atom is -0.444 e. The third-order valence-electron chi connectivity index (χ3n) is 4.40. The lowest BCUT2D eigenvalue weighted by atomic mass is 10.1. The summed E-state index contributed by atoms with van der Waals surface area (Å²) in [6, 6.07) is 9.19. The molecule has 1 aromatic carbocycles. The lowest BCUT2D eigenvalue weighted by molar-refractivity contribution is -0.133. The Morgan fingerprint density at radius 1 is 1.32 bits per heavy atom. The fourth-order valence-corrected chi connectivity index (χ4v) is 3.78. The molecule has 1 aliphatic heterocycles. The molecule has 0 saturated carbocycles. The van der Waals surface area contributed by atoms with Crippen LogP contribution in [0, 0.1) is 11.5 Å². The van der Waals surface area contributed by atoms with E-state index in [1.165, 1.54) is 5.06 Å². The molecular formula is C22H34N2O3Si. The number of carbonyl (C=O) groups is 1. The molecule has 1 N–H and O–H groups in total. The number of amides is 1. The van der Waals surface area contributed by atoms with Crippen molar-refractivity contribution in [1.82, 2.24) is 9.96 Å². The van der Waals surface area contributed by atoms with Crippen molar-refractivity contribution in [3.63, 3.8) is 0 Å². The van der Waals surface area contributed by atoms with Crippen LogP contribution >= 0.6 is 0 Å². The normalized spacial score (nSPS) is 18.6. The van der Waals surface area contributed by atoms with Crippen molar-refractivity contribution >= 4 is 14.2 Å². The van der Waals surface area contributed by atoms with Gasteiger partial charge in [0.2, 0.25) is 0 Å². The summed E-state index contributed by atoms with van der Waals surface area (Å²) in [5.41, 5.74) is 3.84. The maximum Gasteiger partial charge on any atom is 0.410 e. The zero-order valence-electron chi connectivity index (χ0n) is 18.0. The fourth-order valence-electron chi connectivity index (χ4n) is 3.20. The first kappa shape index (κ1) is 22.5. The van der Waals surface area contributed by atoms with Crippen LogP contribution in [0.3, 0.4) is 0 Å². The van der Waals surface area contributed by atoms with Crippen LogP contribution < -0.4 is 0 Å². The van der Waals surface area contributed by atoms with Crippen LogP contribution in [0.5, 0.6) is 0 Å². The third kappa shape index (κ3) is 6.97. The maximum absolute atomic E-state index is 12.7. The van der Waals surface area contributed by atoms with Gasteiger partial charge in [0.05, 0.1) is 12.6 Å². The lowest BCUT2D eigenvalue weighted by Crippen LogP contribution is -2.50. The molecule has 0 spiro atoms. The van der Waals surface area contributed by atoms with Gasteiger partial charge in [-0.3, -0.25) is 0 Å². The van der Waals surface area contributed by atoms with Crippen LogP contribution in [0.4, 0.5) is 4.79 Å². The lowest BCUT2D eigenvalue weighted by Gasteiger charge is -2.34. The molecule has 5 nitrogen and oxygen atoms in total. The molecule has 0 radical (unpaired) electrons. The zero-order valence-corrected chi connectivity index (χ0v) is 19.0. The summed E-state index contributed by atoms with van der Waals surface area (Å²) >= 11 is 0. The Bertz CT molecular complexity index is 713. The predicted octanol–water partition coefficient (Wildman–Crippen LogP) is 4.53. The molecular weight excluding hydrogens is 368 g/mol. The third-order valence-corrected chi connectivity index (χ3v) is 5.29. The fraction of sp³-hybridized carbons (Fsp3) is 0.591. The first-order valence-corrected chi connectivity index (χ1v) is 13.5. The molecule has 1 amide bonds. The number of ether oxygens (including phenoxy) is 1. The molecule has 1 aromatic rings. The van der Waals surface area contributed by atoms with Crippen molar-refractivity contribution in [2.45, 2.75) is 77.5 Å². The van der Waals surface area contributed by atoms with Crippen LogP contribution in [0.15, 0.2) is 30.3 Å². The Hall–Kier alpha value is -1.81. The first-order valence-electron chi connectivity index (χ1n) is 9.98. The number of benzene rings is 1. The molecule has 1 heterocycles. The van der Waals surface area contributed by atoms with Gasteiger partial charge in [-0.25, -0.2) is 4.79 Å². The van der Waals surface area contributed by atoms with Gasteiger partial charge in [0, 0.05) is 6.54 Å². The van der Waals surface area contributed by atoms with Gasteiger partial charge in [-0.15, -0.1) is 5.54 Å². The van der Waals surface area contributed by atoms with E-state index in [2.05, 4.69) is 31.1 Å². The molecule has 1 saturated heterocycles. The summed E-state index contributed by atoms with van der Waals surface area (Å²) < 4.78 is 5.59. The molecule has 154 valence electrons. The number of hydrogen-bond donors (Lipinski definition) is 1. The van der Waals surface area contributed by atoms with E-state index in [-0.39, 0.29) is 12.1 Å². The second-order valence-corrected chi connectivity index (χ2v) is 14.2. The Kier molecular flexibility index (Phi) is 7.32. The minimum absolute atomic E-state index is 0.188. The van der Waals surface area contributed by atoms with Gasteiger partial charge in [-0.05, 0) is 39.2 Å². The van der Waals surface area contributed by atoms with Gasteiger partial charge < -0.3 is 14.8 Å². The quantitative estimate of drug-likeness (QED) is 0.457. The topological polar surface area (TPSA) is 53.0 Å². The number of hydroxylamine groups is 2. The van der Waals surface area contributed by atoms with Gasteiger partial charge in [0.15, 0.2) is 0 Å². The minimum atomic E-state index is -1.63. The van der Waals surface area contributed by atoms with Crippen molar-refractivity contribution < 1.29 is 14.7 Å². The van der Waals surface area contributed by atoms with E-state index in [1.54, 1.807) is 4.90 Å². The van der Waals surface area contributed by atoms with Crippen LogP contribution in [0.1, 0.15) is 39.2 Å². The monoisotopic (exact) mass is 402 g/mol. The first-order chi connectivity index (χ1) is 13.0. The van der Waals surface area contributed by atoms with Crippen molar-refractivity contribution in [3.05, 3.63) is 35.9 Å². The van der Waals surface area contributed by atoms with Crippen LogP contribution in [0.2, 0.25) is 19.6 Å². The van der Waals surface area contributed by atoms with Gasteiger partial charge in [0.1, 0.15) is 19.7 Å². The average molecular weight is 403 g/mol. The van der Waals surface area contributed by atoms with Crippen molar-refractivity contribution in [3.8, 4) is 11.5 Å². The van der Waals surface area contributed by atoms with Crippen LogP contribution in [0.25, 0.3) is 0 Å². The molecule has 1 aliphatic rings.